The van der Waals surface area contributed by atoms with E-state index in [1.807, 2.05) is 0 Å². The molecular formula is C15H13F3N4O. The van der Waals surface area contributed by atoms with Gasteiger partial charge in [0.05, 0.1) is 5.56 Å². The minimum Gasteiger partial charge on any atom is -0.273 e. The second-order valence-corrected chi connectivity index (χ2v) is 5.22. The van der Waals surface area contributed by atoms with Gasteiger partial charge in [0.1, 0.15) is 0 Å². The van der Waals surface area contributed by atoms with Crippen LogP contribution in [0, 0.1) is 5.92 Å². The molecule has 0 bridgehead atoms. The first-order valence-electron chi connectivity index (χ1n) is 6.96. The van der Waals surface area contributed by atoms with Crippen molar-refractivity contribution >= 4 is 11.9 Å². The quantitative estimate of drug-likeness (QED) is 0.850. The first-order valence-corrected chi connectivity index (χ1v) is 6.96. The van der Waals surface area contributed by atoms with Gasteiger partial charge in [0.25, 0.3) is 0 Å². The summed E-state index contributed by atoms with van der Waals surface area (Å²) in [5.41, 5.74) is 4.44. The van der Waals surface area contributed by atoms with Crippen LogP contribution in [-0.2, 0) is 11.0 Å². The summed E-state index contributed by atoms with van der Waals surface area (Å²) < 4.78 is 39.0. The topological polar surface area (TPSA) is 66.9 Å². The second-order valence-electron chi connectivity index (χ2n) is 5.22. The van der Waals surface area contributed by atoms with Gasteiger partial charge in [0.15, 0.2) is 0 Å². The second kappa shape index (κ2) is 5.86. The number of carbonyl (C=O) groups is 1. The van der Waals surface area contributed by atoms with Gasteiger partial charge in [-0.1, -0.05) is 18.2 Å². The van der Waals surface area contributed by atoms with Gasteiger partial charge in [-0.15, -0.1) is 0 Å². The number of hydrogen-bond donors (Lipinski definition) is 2. The Balaban J connectivity index is 1.65. The monoisotopic (exact) mass is 322 g/mol. The third kappa shape index (κ3) is 3.41. The van der Waals surface area contributed by atoms with Crippen molar-refractivity contribution in [2.75, 3.05) is 5.43 Å². The zero-order chi connectivity index (χ0) is 16.4. The number of nitrogens with zero attached hydrogens (tertiary/aromatic N) is 2. The third-order valence-electron chi connectivity index (χ3n) is 3.66. The number of carbonyl (C=O) groups excluding carboxylic acids is 1. The van der Waals surface area contributed by atoms with Crippen molar-refractivity contribution in [3.8, 4) is 0 Å². The van der Waals surface area contributed by atoms with E-state index in [1.54, 1.807) is 12.1 Å². The molecule has 1 fully saturated rings. The van der Waals surface area contributed by atoms with Crippen LogP contribution in [0.25, 0.3) is 0 Å². The molecule has 0 unspecified atom stereocenters. The highest BCUT2D eigenvalue weighted by Gasteiger charge is 2.47. The first kappa shape index (κ1) is 15.3. The lowest BCUT2D eigenvalue weighted by Gasteiger charge is -2.12. The minimum atomic E-state index is -4.42. The lowest BCUT2D eigenvalue weighted by molar-refractivity contribution is -0.138. The standard InChI is InChI=1S/C15H13F3N4O/c16-15(17,18)12-5-2-1-4-9(12)10-8-11(10)13(23)21-22-14-19-6-3-7-20-14/h1-7,10-11H,8H2,(H,21,23)(H,19,20,22)/t10-,11+/m0/s1. The highest BCUT2D eigenvalue weighted by molar-refractivity contribution is 5.83. The highest BCUT2D eigenvalue weighted by atomic mass is 19.4. The lowest BCUT2D eigenvalue weighted by atomic mass is 10.0. The van der Waals surface area contributed by atoms with Crippen LogP contribution in [0.3, 0.4) is 0 Å². The number of halogens is 3. The average Bonchev–Trinajstić information content (AvgIpc) is 3.33. The number of alkyl halides is 3. The molecule has 1 aliphatic rings. The van der Waals surface area contributed by atoms with Crippen LogP contribution in [-0.4, -0.2) is 15.9 Å². The Bertz CT molecular complexity index is 705. The van der Waals surface area contributed by atoms with Crippen LogP contribution in [0.15, 0.2) is 42.7 Å². The summed E-state index contributed by atoms with van der Waals surface area (Å²) in [6.07, 6.45) is -1.03. The predicted octanol–water partition coefficient (Wildman–Crippen LogP) is 2.74. The molecule has 1 saturated carbocycles. The van der Waals surface area contributed by atoms with E-state index in [1.165, 1.54) is 24.5 Å². The molecule has 2 atom stereocenters. The molecule has 1 aliphatic carbocycles. The van der Waals surface area contributed by atoms with E-state index in [2.05, 4.69) is 20.8 Å². The van der Waals surface area contributed by atoms with Gasteiger partial charge in [-0.25, -0.2) is 9.97 Å². The number of aromatic nitrogens is 2. The van der Waals surface area contributed by atoms with Gasteiger partial charge in [0, 0.05) is 18.3 Å². The van der Waals surface area contributed by atoms with Crippen LogP contribution < -0.4 is 10.9 Å². The van der Waals surface area contributed by atoms with Gasteiger partial charge in [-0.05, 0) is 30.0 Å². The van der Waals surface area contributed by atoms with Crippen molar-refractivity contribution in [1.82, 2.24) is 15.4 Å². The predicted molar refractivity (Wildman–Crippen MR) is 76.1 cm³/mol. The Morgan fingerprint density at radius 3 is 2.52 bits per heavy atom. The summed E-state index contributed by atoms with van der Waals surface area (Å²) in [6, 6.07) is 6.98. The molecule has 2 aromatic rings. The average molecular weight is 322 g/mol. The maximum Gasteiger partial charge on any atom is 0.416 e. The van der Waals surface area contributed by atoms with Crippen molar-refractivity contribution in [2.45, 2.75) is 18.5 Å². The van der Waals surface area contributed by atoms with E-state index < -0.39 is 23.6 Å². The number of rotatable bonds is 4. The largest absolute Gasteiger partial charge is 0.416 e. The molecule has 0 saturated heterocycles. The summed E-state index contributed by atoms with van der Waals surface area (Å²) in [5, 5.41) is 0. The van der Waals surface area contributed by atoms with Crippen molar-refractivity contribution in [3.63, 3.8) is 0 Å². The third-order valence-corrected chi connectivity index (χ3v) is 3.66. The van der Waals surface area contributed by atoms with E-state index >= 15 is 0 Å². The van der Waals surface area contributed by atoms with Gasteiger partial charge in [-0.3, -0.25) is 15.6 Å². The summed E-state index contributed by atoms with van der Waals surface area (Å²) in [4.78, 5) is 19.7. The number of anilines is 1. The summed E-state index contributed by atoms with van der Waals surface area (Å²) in [6.45, 7) is 0. The van der Waals surface area contributed by atoms with Gasteiger partial charge in [-0.2, -0.15) is 13.2 Å². The lowest BCUT2D eigenvalue weighted by Crippen LogP contribution is -2.32. The summed E-state index contributed by atoms with van der Waals surface area (Å²) in [7, 11) is 0. The zero-order valence-corrected chi connectivity index (χ0v) is 11.8. The fourth-order valence-corrected chi connectivity index (χ4v) is 2.48. The van der Waals surface area contributed by atoms with E-state index in [9.17, 15) is 18.0 Å². The summed E-state index contributed by atoms with van der Waals surface area (Å²) in [5.74, 6) is -1.07. The van der Waals surface area contributed by atoms with Gasteiger partial charge >= 0.3 is 6.18 Å². The number of amides is 1. The van der Waals surface area contributed by atoms with Crippen LogP contribution in [0.4, 0.5) is 19.1 Å². The molecule has 1 heterocycles. The van der Waals surface area contributed by atoms with Gasteiger partial charge in [0.2, 0.25) is 11.9 Å². The SMILES string of the molecule is O=C(NNc1ncccn1)[C@@H]1C[C@H]1c1ccccc1C(F)(F)F. The van der Waals surface area contributed by atoms with Crippen molar-refractivity contribution in [3.05, 3.63) is 53.9 Å². The molecule has 3 rings (SSSR count). The molecule has 0 aliphatic heterocycles. The maximum atomic E-state index is 13.0. The number of benzene rings is 1. The fraction of sp³-hybridized carbons (Fsp3) is 0.267. The van der Waals surface area contributed by atoms with Crippen molar-refractivity contribution < 1.29 is 18.0 Å². The molecule has 23 heavy (non-hydrogen) atoms. The van der Waals surface area contributed by atoms with Crippen molar-refractivity contribution in [2.24, 2.45) is 5.92 Å². The van der Waals surface area contributed by atoms with E-state index in [-0.39, 0.29) is 17.4 Å². The molecule has 2 N–H and O–H groups in total. The Hall–Kier alpha value is -2.64. The molecular weight excluding hydrogens is 309 g/mol. The zero-order valence-electron chi connectivity index (χ0n) is 11.8. The Morgan fingerprint density at radius 2 is 1.83 bits per heavy atom. The Kier molecular flexibility index (Phi) is 3.89. The Morgan fingerprint density at radius 1 is 1.13 bits per heavy atom. The smallest absolute Gasteiger partial charge is 0.273 e. The number of hydrogen-bond acceptors (Lipinski definition) is 4. The maximum absolute atomic E-state index is 13.0. The molecule has 5 nitrogen and oxygen atoms in total. The molecule has 1 aromatic carbocycles. The fourth-order valence-electron chi connectivity index (χ4n) is 2.48. The number of hydrazine groups is 1. The highest BCUT2D eigenvalue weighted by Crippen LogP contribution is 2.50. The number of nitrogens with one attached hydrogen (secondary N) is 2. The molecule has 0 spiro atoms. The van der Waals surface area contributed by atoms with E-state index in [0.717, 1.165) is 6.07 Å². The van der Waals surface area contributed by atoms with E-state index in [4.69, 9.17) is 0 Å². The molecule has 1 aromatic heterocycles. The molecule has 8 heteroatoms. The van der Waals surface area contributed by atoms with E-state index in [0.29, 0.717) is 6.42 Å². The molecule has 120 valence electrons. The van der Waals surface area contributed by atoms with Crippen molar-refractivity contribution in [1.29, 1.82) is 0 Å². The summed E-state index contributed by atoms with van der Waals surface area (Å²) >= 11 is 0. The van der Waals surface area contributed by atoms with Gasteiger partial charge < -0.3 is 0 Å². The van der Waals surface area contributed by atoms with Crippen LogP contribution in [0.2, 0.25) is 0 Å². The minimum absolute atomic E-state index is 0.163. The molecule has 1 amide bonds. The first-order chi connectivity index (χ1) is 11.0. The molecule has 0 radical (unpaired) electrons. The van der Waals surface area contributed by atoms with Crippen LogP contribution >= 0.6 is 0 Å². The normalized spacial score (nSPS) is 20.0. The Labute approximate surface area is 129 Å². The van der Waals surface area contributed by atoms with Crippen LogP contribution in [0.5, 0.6) is 0 Å². The van der Waals surface area contributed by atoms with Crippen LogP contribution in [0.1, 0.15) is 23.5 Å².